The van der Waals surface area contributed by atoms with Gasteiger partial charge in [0.2, 0.25) is 0 Å². The molecule has 1 nitrogen and oxygen atoms in total. The Morgan fingerprint density at radius 1 is 1.31 bits per heavy atom. The molecule has 70 valence electrons. The zero-order valence-corrected chi connectivity index (χ0v) is 6.93. The fraction of sp³-hybridized carbons (Fsp3) is 0.222. The predicted molar refractivity (Wildman–Crippen MR) is 42.5 cm³/mol. The highest BCUT2D eigenvalue weighted by molar-refractivity contribution is 5.33. The molecule has 0 atom stereocenters. The fourth-order valence-electron chi connectivity index (χ4n) is 0.920. The lowest BCUT2D eigenvalue weighted by Crippen LogP contribution is -2.08. The molecule has 0 radical (unpaired) electrons. The van der Waals surface area contributed by atoms with Crippen molar-refractivity contribution in [3.63, 3.8) is 0 Å². The van der Waals surface area contributed by atoms with Gasteiger partial charge in [-0.3, -0.25) is 0 Å². The molecule has 1 aromatic carbocycles. The SMILES string of the molecule is COc1cccc([CH+]C(F)(F)F)c1. The summed E-state index contributed by atoms with van der Waals surface area (Å²) >= 11 is 0. The van der Waals surface area contributed by atoms with Gasteiger partial charge >= 0.3 is 6.18 Å². The van der Waals surface area contributed by atoms with Crippen molar-refractivity contribution in [2.24, 2.45) is 0 Å². The van der Waals surface area contributed by atoms with Crippen LogP contribution in [0.3, 0.4) is 0 Å². The average molecular weight is 189 g/mol. The zero-order chi connectivity index (χ0) is 9.90. The first-order valence-corrected chi connectivity index (χ1v) is 3.58. The van der Waals surface area contributed by atoms with Crippen LogP contribution in [0.15, 0.2) is 24.3 Å². The van der Waals surface area contributed by atoms with Crippen molar-refractivity contribution in [3.05, 3.63) is 36.2 Å². The molecule has 0 aliphatic heterocycles. The molecule has 0 aliphatic rings. The molecule has 0 saturated carbocycles. The number of hydrogen-bond acceptors (Lipinski definition) is 1. The van der Waals surface area contributed by atoms with Crippen LogP contribution in [-0.2, 0) is 0 Å². The van der Waals surface area contributed by atoms with Gasteiger partial charge in [0.1, 0.15) is 12.0 Å². The highest BCUT2D eigenvalue weighted by Gasteiger charge is 2.33. The molecule has 0 unspecified atom stereocenters. The molecule has 1 rings (SSSR count). The first-order chi connectivity index (χ1) is 6.01. The molecule has 1 aromatic rings. The first kappa shape index (κ1) is 9.77. The fourth-order valence-corrected chi connectivity index (χ4v) is 0.920. The molecule has 0 bridgehead atoms. The Morgan fingerprint density at radius 2 is 2.00 bits per heavy atom. The van der Waals surface area contributed by atoms with Gasteiger partial charge in [-0.25, -0.2) is 0 Å². The normalized spacial score (nSPS) is 11.1. The van der Waals surface area contributed by atoms with Crippen molar-refractivity contribution in [2.75, 3.05) is 7.11 Å². The lowest BCUT2D eigenvalue weighted by atomic mass is 10.1. The molecule has 0 aromatic heterocycles. The standard InChI is InChI=1S/C9H8F3O/c1-13-8-4-2-3-7(5-8)6-9(10,11)12/h2-6H,1H3/q+1. The van der Waals surface area contributed by atoms with Crippen molar-refractivity contribution >= 4 is 0 Å². The van der Waals surface area contributed by atoms with Gasteiger partial charge in [0.05, 0.1) is 13.2 Å². The summed E-state index contributed by atoms with van der Waals surface area (Å²) < 4.78 is 40.4. The van der Waals surface area contributed by atoms with E-state index < -0.39 is 6.18 Å². The van der Waals surface area contributed by atoms with Gasteiger partial charge in [-0.2, -0.15) is 13.2 Å². The van der Waals surface area contributed by atoms with Crippen LogP contribution < -0.4 is 4.74 Å². The number of benzene rings is 1. The van der Waals surface area contributed by atoms with Crippen LogP contribution >= 0.6 is 0 Å². The minimum absolute atomic E-state index is 0.0897. The van der Waals surface area contributed by atoms with E-state index in [0.29, 0.717) is 5.75 Å². The molecule has 0 fully saturated rings. The molecule has 13 heavy (non-hydrogen) atoms. The monoisotopic (exact) mass is 189 g/mol. The molecule has 0 amide bonds. The van der Waals surface area contributed by atoms with Crippen LogP contribution in [0.4, 0.5) is 13.2 Å². The van der Waals surface area contributed by atoms with E-state index in [4.69, 9.17) is 4.74 Å². The number of alkyl halides is 3. The average Bonchev–Trinajstić information content (AvgIpc) is 2.01. The third kappa shape index (κ3) is 3.27. The Morgan fingerprint density at radius 3 is 2.54 bits per heavy atom. The number of halogens is 3. The van der Waals surface area contributed by atoms with Gasteiger partial charge in [0.25, 0.3) is 0 Å². The van der Waals surface area contributed by atoms with E-state index in [2.05, 4.69) is 0 Å². The lowest BCUT2D eigenvalue weighted by Gasteiger charge is -2.00. The van der Waals surface area contributed by atoms with Gasteiger partial charge in [0, 0.05) is 18.2 Å². The van der Waals surface area contributed by atoms with Crippen molar-refractivity contribution in [1.29, 1.82) is 0 Å². The maximum Gasteiger partial charge on any atom is 0.460 e. The van der Waals surface area contributed by atoms with E-state index in [0.717, 1.165) is 0 Å². The van der Waals surface area contributed by atoms with E-state index in [1.54, 1.807) is 6.07 Å². The van der Waals surface area contributed by atoms with Gasteiger partial charge in [-0.15, -0.1) is 0 Å². The summed E-state index contributed by atoms with van der Waals surface area (Å²) in [5.41, 5.74) is 0.0897. The lowest BCUT2D eigenvalue weighted by molar-refractivity contribution is -0.0927. The molecule has 0 spiro atoms. The van der Waals surface area contributed by atoms with Crippen LogP contribution in [0.2, 0.25) is 0 Å². The van der Waals surface area contributed by atoms with Crippen LogP contribution in [0.1, 0.15) is 5.56 Å². The Bertz CT molecular complexity index is 280. The van der Waals surface area contributed by atoms with Gasteiger partial charge in [-0.05, 0) is 0 Å². The Kier molecular flexibility index (Phi) is 2.70. The summed E-state index contributed by atoms with van der Waals surface area (Å²) in [6, 6.07) is 5.80. The van der Waals surface area contributed by atoms with Crippen LogP contribution in [0.5, 0.6) is 5.75 Å². The summed E-state index contributed by atoms with van der Waals surface area (Å²) in [6.07, 6.45) is -4.05. The van der Waals surface area contributed by atoms with Crippen molar-refractivity contribution in [1.82, 2.24) is 0 Å². The van der Waals surface area contributed by atoms with Crippen LogP contribution in [0.25, 0.3) is 0 Å². The molecular formula is C9H8F3O+. The minimum atomic E-state index is -4.29. The van der Waals surface area contributed by atoms with Crippen molar-refractivity contribution in [2.45, 2.75) is 6.18 Å². The summed E-state index contributed by atoms with van der Waals surface area (Å²) in [7, 11) is 1.41. The Hall–Kier alpha value is -1.32. The number of rotatable bonds is 2. The first-order valence-electron chi connectivity index (χ1n) is 3.58. The summed E-state index contributed by atoms with van der Waals surface area (Å²) in [4.78, 5) is 0. The molecule has 0 aliphatic carbocycles. The molecule has 0 saturated heterocycles. The Labute approximate surface area is 74.1 Å². The van der Waals surface area contributed by atoms with E-state index in [1.165, 1.54) is 25.3 Å². The maximum atomic E-state index is 11.9. The van der Waals surface area contributed by atoms with Crippen LogP contribution in [0, 0.1) is 6.42 Å². The summed E-state index contributed by atoms with van der Waals surface area (Å²) in [6.45, 7) is 0. The van der Waals surface area contributed by atoms with Gasteiger partial charge < -0.3 is 4.74 Å². The molecule has 0 N–H and O–H groups in total. The van der Waals surface area contributed by atoms with E-state index in [1.807, 2.05) is 0 Å². The number of hydrogen-bond donors (Lipinski definition) is 0. The summed E-state index contributed by atoms with van der Waals surface area (Å²) in [5, 5.41) is 0. The highest BCUT2D eigenvalue weighted by Crippen LogP contribution is 2.25. The third-order valence-corrected chi connectivity index (χ3v) is 1.42. The van der Waals surface area contributed by atoms with E-state index >= 15 is 0 Å². The third-order valence-electron chi connectivity index (χ3n) is 1.42. The number of ether oxygens (including phenoxy) is 1. The predicted octanol–water partition coefficient (Wildman–Crippen LogP) is 2.81. The minimum Gasteiger partial charge on any atom is -0.485 e. The van der Waals surface area contributed by atoms with E-state index in [-0.39, 0.29) is 12.0 Å². The Balaban J connectivity index is 2.78. The van der Waals surface area contributed by atoms with Crippen molar-refractivity contribution < 1.29 is 17.9 Å². The second kappa shape index (κ2) is 3.60. The second-order valence-electron chi connectivity index (χ2n) is 2.46. The van der Waals surface area contributed by atoms with Gasteiger partial charge in [-0.1, -0.05) is 0 Å². The number of methoxy groups -OCH3 is 1. The quantitative estimate of drug-likeness (QED) is 0.650. The zero-order valence-electron chi connectivity index (χ0n) is 6.93. The largest absolute Gasteiger partial charge is 0.485 e. The maximum absolute atomic E-state index is 11.9. The molecular weight excluding hydrogens is 181 g/mol. The second-order valence-corrected chi connectivity index (χ2v) is 2.46. The van der Waals surface area contributed by atoms with Crippen molar-refractivity contribution in [3.8, 4) is 5.75 Å². The summed E-state index contributed by atoms with van der Waals surface area (Å²) in [5.74, 6) is 0.415. The van der Waals surface area contributed by atoms with Gasteiger partial charge in [0.15, 0.2) is 5.75 Å². The van der Waals surface area contributed by atoms with Crippen LogP contribution in [-0.4, -0.2) is 13.3 Å². The smallest absolute Gasteiger partial charge is 0.460 e. The molecule has 4 heteroatoms. The molecule has 0 heterocycles. The highest BCUT2D eigenvalue weighted by atomic mass is 19.4. The topological polar surface area (TPSA) is 9.23 Å². The van der Waals surface area contributed by atoms with E-state index in [9.17, 15) is 13.2 Å².